The van der Waals surface area contributed by atoms with Crippen LogP contribution in [-0.4, -0.2) is 5.78 Å². The summed E-state index contributed by atoms with van der Waals surface area (Å²) in [5, 5.41) is 5.13. The van der Waals surface area contributed by atoms with Crippen LogP contribution in [0.15, 0.2) is 170 Å². The topological polar surface area (TPSA) is 26.3 Å². The molecule has 6 aromatic carbocycles. The average Bonchev–Trinajstić information content (AvgIpc) is 3.06. The van der Waals surface area contributed by atoms with E-state index in [1.54, 1.807) is 0 Å². The molecule has 0 aromatic heterocycles. The summed E-state index contributed by atoms with van der Waals surface area (Å²) in [7, 11) is 0. The first kappa shape index (κ1) is 27.1. The Morgan fingerprint density at radius 3 is 1.15 bits per heavy atom. The molecule has 0 saturated heterocycles. The quantitative estimate of drug-likeness (QED) is 0.0934. The first-order valence-electron chi connectivity index (χ1n) is 13.5. The third-order valence-electron chi connectivity index (χ3n) is 7.43. The Balaban J connectivity index is 1.39. The Morgan fingerprint density at radius 2 is 0.732 bits per heavy atom. The molecule has 0 aliphatic carbocycles. The van der Waals surface area contributed by atoms with Crippen LogP contribution in [0.25, 0.3) is 0 Å². The van der Waals surface area contributed by atoms with E-state index in [0.29, 0.717) is 16.9 Å². The zero-order chi connectivity index (χ0) is 28.1. The second kappa shape index (κ2) is 11.4. The van der Waals surface area contributed by atoms with Crippen molar-refractivity contribution < 1.29 is 9.53 Å². The normalized spacial score (nSPS) is 12.2. The van der Waals surface area contributed by atoms with Crippen LogP contribution in [0.1, 0.15) is 15.9 Å². The molecule has 0 heterocycles. The number of carbonyl (C=O) groups excluding carboxylic acids is 1. The van der Waals surface area contributed by atoms with E-state index < -0.39 is 4.25 Å². The predicted octanol–water partition coefficient (Wildman–Crippen LogP) is 8.22. The molecule has 4 heteroatoms. The molecule has 0 atom stereocenters. The van der Waals surface area contributed by atoms with Crippen LogP contribution in [-0.2, 0) is 0 Å². The Morgan fingerprint density at radius 1 is 0.415 bits per heavy atom. The first-order chi connectivity index (χ1) is 20.1. The van der Waals surface area contributed by atoms with E-state index in [0.717, 1.165) is 5.75 Å². The number of hydrogen-bond donors (Lipinski definition) is 0. The van der Waals surface area contributed by atoms with Gasteiger partial charge in [0.1, 0.15) is 0 Å². The van der Waals surface area contributed by atoms with Gasteiger partial charge in [0.2, 0.25) is 0 Å². The molecule has 0 unspecified atom stereocenters. The summed E-state index contributed by atoms with van der Waals surface area (Å²) >= 11 is 2.78. The fourth-order valence-electron chi connectivity index (χ4n) is 5.38. The maximum absolute atomic E-state index is 12.8. The molecule has 0 bridgehead atoms. The Hall–Kier alpha value is -4.05. The first-order valence-corrected chi connectivity index (χ1v) is 18.5. The molecule has 0 amide bonds. The van der Waals surface area contributed by atoms with Crippen molar-refractivity contribution in [3.8, 4) is 11.5 Å². The second-order valence-corrected chi connectivity index (χ2v) is 19.7. The van der Waals surface area contributed by atoms with Crippen molar-refractivity contribution in [3.63, 3.8) is 0 Å². The van der Waals surface area contributed by atoms with E-state index >= 15 is 0 Å². The number of rotatable bonds is 8. The van der Waals surface area contributed by atoms with Crippen molar-refractivity contribution in [3.05, 3.63) is 181 Å². The molecule has 0 aliphatic rings. The number of carbonyl (C=O) groups is 1. The number of halogens is 1. The van der Waals surface area contributed by atoms with Gasteiger partial charge in [-0.15, -0.1) is 0 Å². The summed E-state index contributed by atoms with van der Waals surface area (Å²) in [6, 6.07) is 57.7. The van der Waals surface area contributed by atoms with Gasteiger partial charge in [-0.25, -0.2) is 0 Å². The van der Waals surface area contributed by atoms with Gasteiger partial charge in [0.25, 0.3) is 0 Å². The molecule has 6 aromatic rings. The predicted molar refractivity (Wildman–Crippen MR) is 182 cm³/mol. The van der Waals surface area contributed by atoms with Gasteiger partial charge in [-0.1, -0.05) is 18.2 Å². The van der Waals surface area contributed by atoms with Gasteiger partial charge in [0.15, 0.2) is 0 Å². The van der Waals surface area contributed by atoms with Crippen LogP contribution in [0.5, 0.6) is 11.5 Å². The fourth-order valence-corrected chi connectivity index (χ4v) is 13.9. The molecule has 0 spiro atoms. The Kier molecular flexibility index (Phi) is 7.57. The molecule has 200 valence electrons. The van der Waals surface area contributed by atoms with Gasteiger partial charge < -0.3 is 0 Å². The van der Waals surface area contributed by atoms with Crippen LogP contribution in [0.4, 0.5) is 0 Å². The van der Waals surface area contributed by atoms with Crippen molar-refractivity contribution in [2.45, 2.75) is 0 Å². The standard InChI is InChI=1S/C37H28IO2P/c38-41(33-15-7-2-8-16-33,34-17-9-3-10-18-34,35-19-11-4-12-20-35)36-27-25-32(26-28-36)40-31-23-21-30(22-24-31)37(39)29-13-5-1-6-14-29/h1-28H. The molecular formula is C37H28IO2P. The number of ether oxygens (including phenoxy) is 1. The zero-order valence-electron chi connectivity index (χ0n) is 22.3. The van der Waals surface area contributed by atoms with E-state index in [2.05, 4.69) is 125 Å². The molecule has 0 fully saturated rings. The number of hydrogen-bond acceptors (Lipinski definition) is 2. The molecular weight excluding hydrogens is 634 g/mol. The maximum atomic E-state index is 12.8. The summed E-state index contributed by atoms with van der Waals surface area (Å²) in [6.45, 7) is 0. The van der Waals surface area contributed by atoms with Crippen molar-refractivity contribution in [1.82, 2.24) is 0 Å². The third kappa shape index (κ3) is 4.90. The molecule has 0 N–H and O–H groups in total. The summed E-state index contributed by atoms with van der Waals surface area (Å²) in [6.07, 6.45) is 0. The van der Waals surface area contributed by atoms with Gasteiger partial charge in [-0.05, 0) is 0 Å². The fraction of sp³-hybridized carbons (Fsp3) is 0. The van der Waals surface area contributed by atoms with Gasteiger partial charge >= 0.3 is 237 Å². The van der Waals surface area contributed by atoms with Crippen molar-refractivity contribution >= 4 is 53.3 Å². The van der Waals surface area contributed by atoms with Gasteiger partial charge in [-0.2, -0.15) is 0 Å². The minimum absolute atomic E-state index is 0.00224. The Labute approximate surface area is 254 Å². The summed E-state index contributed by atoms with van der Waals surface area (Å²) < 4.78 is 3.12. The molecule has 41 heavy (non-hydrogen) atoms. The molecule has 6 rings (SSSR count). The molecule has 2 nitrogen and oxygen atoms in total. The van der Waals surface area contributed by atoms with Gasteiger partial charge in [0.05, 0.1) is 0 Å². The van der Waals surface area contributed by atoms with Crippen LogP contribution >= 0.6 is 26.3 Å². The zero-order valence-corrected chi connectivity index (χ0v) is 25.4. The van der Waals surface area contributed by atoms with Crippen LogP contribution in [0.2, 0.25) is 0 Å². The molecule has 0 aliphatic heterocycles. The summed E-state index contributed by atoms with van der Waals surface area (Å²) in [4.78, 5) is 12.8. The monoisotopic (exact) mass is 662 g/mol. The summed E-state index contributed by atoms with van der Waals surface area (Å²) in [5.41, 5.74) is 1.31. The third-order valence-corrected chi connectivity index (χ3v) is 19.2. The van der Waals surface area contributed by atoms with E-state index in [1.165, 1.54) is 21.2 Å². The van der Waals surface area contributed by atoms with Crippen molar-refractivity contribution in [1.29, 1.82) is 0 Å². The van der Waals surface area contributed by atoms with Crippen LogP contribution in [0, 0.1) is 0 Å². The van der Waals surface area contributed by atoms with Gasteiger partial charge in [-0.3, -0.25) is 0 Å². The number of ketones is 1. The average molecular weight is 663 g/mol. The molecule has 0 radical (unpaired) electrons. The van der Waals surface area contributed by atoms with Crippen molar-refractivity contribution in [2.75, 3.05) is 0 Å². The van der Waals surface area contributed by atoms with Crippen LogP contribution in [0.3, 0.4) is 0 Å². The van der Waals surface area contributed by atoms with E-state index in [9.17, 15) is 4.79 Å². The second-order valence-electron chi connectivity index (χ2n) is 9.83. The SMILES string of the molecule is O=C(c1ccccc1)c1ccc(Oc2ccc(P(I)(c3ccccc3)(c3ccccc3)c3ccccc3)cc2)cc1. The Bertz CT molecular complexity index is 1660. The molecule has 0 saturated carbocycles. The van der Waals surface area contributed by atoms with Gasteiger partial charge in [0, 0.05) is 0 Å². The minimum atomic E-state index is -3.11. The summed E-state index contributed by atoms with van der Waals surface area (Å²) in [5.74, 6) is 1.42. The van der Waals surface area contributed by atoms with E-state index in [1.807, 2.05) is 66.7 Å². The van der Waals surface area contributed by atoms with E-state index in [-0.39, 0.29) is 5.78 Å². The van der Waals surface area contributed by atoms with Crippen molar-refractivity contribution in [2.24, 2.45) is 0 Å². The van der Waals surface area contributed by atoms with Crippen LogP contribution < -0.4 is 26.0 Å². The number of benzene rings is 6. The van der Waals surface area contributed by atoms with E-state index in [4.69, 9.17) is 4.74 Å².